The normalized spacial score (nSPS) is 48.6. The Labute approximate surface area is 249 Å². The summed E-state index contributed by atoms with van der Waals surface area (Å²) in [6.07, 6.45) is 18.0. The zero-order valence-corrected chi connectivity index (χ0v) is 29.6. The van der Waals surface area contributed by atoms with Crippen LogP contribution in [0.3, 0.4) is 0 Å². The van der Waals surface area contributed by atoms with Crippen molar-refractivity contribution in [3.63, 3.8) is 0 Å². The average molecular weight is 569 g/mol. The van der Waals surface area contributed by atoms with Crippen molar-refractivity contribution in [3.8, 4) is 0 Å². The molecule has 0 aromatic heterocycles. The lowest BCUT2D eigenvalue weighted by Crippen LogP contribution is -2.65. The maximum absolute atomic E-state index is 11.7. The maximum atomic E-state index is 11.7. The molecular formula is C37H64O2Si. The molecule has 2 nitrogen and oxygen atoms in total. The molecule has 2 unspecified atom stereocenters. The number of carbonyl (C=O) groups excluding carboxylic acids is 1. The largest absolute Gasteiger partial charge is 0.413 e. The SMILES string of the molecule is CC1(C)C(O[Si](C)(C)C(C)(C)C)CC[C@]2(C)C3CC=C4[C@@H]5C[C@@](C)(CC=O)CC[C@]5(C)CC[C@@]4(C)[C@]3(C)CC[C@@H]12. The highest BCUT2D eigenvalue weighted by Crippen LogP contribution is 2.76. The van der Waals surface area contributed by atoms with Crippen molar-refractivity contribution in [1.82, 2.24) is 0 Å². The molecule has 40 heavy (non-hydrogen) atoms. The third-order valence-corrected chi connectivity index (χ3v) is 20.2. The van der Waals surface area contributed by atoms with Crippen LogP contribution in [0.5, 0.6) is 0 Å². The lowest BCUT2D eigenvalue weighted by molar-refractivity contribution is -0.200. The van der Waals surface area contributed by atoms with Crippen LogP contribution in [-0.4, -0.2) is 20.7 Å². The summed E-state index contributed by atoms with van der Waals surface area (Å²) < 4.78 is 7.23. The van der Waals surface area contributed by atoms with E-state index in [1.54, 1.807) is 0 Å². The molecule has 0 N–H and O–H groups in total. The standard InChI is InChI=1S/C37H64O2Si/c1-31(2,3)40(11,12)39-30-16-17-35(8)28(32(30,4)5)15-18-37(10)29(35)14-13-26-27-25-33(6,23-24-38)19-20-34(27,7)21-22-36(26,37)9/h13,24,27-30H,14-23,25H2,1-12H3/t27-,28-,29?,30?,33+,34+,35-,36+,37+/m0/s1. The molecule has 0 spiro atoms. The summed E-state index contributed by atoms with van der Waals surface area (Å²) in [4.78, 5) is 11.7. The van der Waals surface area contributed by atoms with Crippen LogP contribution in [0.4, 0.5) is 0 Å². The number of rotatable bonds is 4. The van der Waals surface area contributed by atoms with Gasteiger partial charge in [0.2, 0.25) is 0 Å². The number of allylic oxidation sites excluding steroid dienone is 2. The van der Waals surface area contributed by atoms with Crippen LogP contribution in [0.25, 0.3) is 0 Å². The highest BCUT2D eigenvalue weighted by atomic mass is 28.4. The Morgan fingerprint density at radius 2 is 1.55 bits per heavy atom. The van der Waals surface area contributed by atoms with Gasteiger partial charge in [-0.05, 0) is 133 Å². The van der Waals surface area contributed by atoms with E-state index in [9.17, 15) is 4.79 Å². The van der Waals surface area contributed by atoms with Crippen LogP contribution in [0, 0.1) is 50.2 Å². The number of aldehydes is 1. The first-order valence-electron chi connectivity index (χ1n) is 17.0. The summed E-state index contributed by atoms with van der Waals surface area (Å²) in [6.45, 7) is 30.3. The van der Waals surface area contributed by atoms with E-state index in [0.29, 0.717) is 28.3 Å². The van der Waals surface area contributed by atoms with Crippen LogP contribution in [0.2, 0.25) is 18.1 Å². The van der Waals surface area contributed by atoms with Gasteiger partial charge in [0, 0.05) is 6.42 Å². The second-order valence-corrected chi connectivity index (χ2v) is 23.9. The van der Waals surface area contributed by atoms with E-state index in [0.717, 1.165) is 18.3 Å². The van der Waals surface area contributed by atoms with Gasteiger partial charge in [0.25, 0.3) is 0 Å². The van der Waals surface area contributed by atoms with Crippen molar-refractivity contribution in [1.29, 1.82) is 0 Å². The van der Waals surface area contributed by atoms with Gasteiger partial charge in [-0.3, -0.25) is 0 Å². The lowest BCUT2D eigenvalue weighted by atomic mass is 9.33. The van der Waals surface area contributed by atoms with E-state index < -0.39 is 8.32 Å². The quantitative estimate of drug-likeness (QED) is 0.191. The van der Waals surface area contributed by atoms with Gasteiger partial charge in [-0.2, -0.15) is 0 Å². The van der Waals surface area contributed by atoms with Gasteiger partial charge >= 0.3 is 0 Å². The molecule has 0 saturated heterocycles. The second-order valence-electron chi connectivity index (χ2n) is 19.1. The summed E-state index contributed by atoms with van der Waals surface area (Å²) >= 11 is 0. The Kier molecular flexibility index (Phi) is 7.21. The highest BCUT2D eigenvalue weighted by molar-refractivity contribution is 6.74. The van der Waals surface area contributed by atoms with E-state index in [2.05, 4.69) is 88.4 Å². The van der Waals surface area contributed by atoms with Crippen molar-refractivity contribution < 1.29 is 9.22 Å². The molecule has 4 fully saturated rings. The monoisotopic (exact) mass is 568 g/mol. The third-order valence-electron chi connectivity index (χ3n) is 15.7. The molecule has 0 aliphatic heterocycles. The van der Waals surface area contributed by atoms with Crippen LogP contribution in [-0.2, 0) is 9.22 Å². The topological polar surface area (TPSA) is 26.3 Å². The molecule has 0 aromatic rings. The molecule has 9 atom stereocenters. The van der Waals surface area contributed by atoms with Gasteiger partial charge < -0.3 is 9.22 Å². The zero-order valence-electron chi connectivity index (χ0n) is 28.6. The number of hydrogen-bond donors (Lipinski definition) is 0. The van der Waals surface area contributed by atoms with Gasteiger partial charge in [0.15, 0.2) is 8.32 Å². The first-order valence-corrected chi connectivity index (χ1v) is 19.9. The maximum Gasteiger partial charge on any atom is 0.192 e. The highest BCUT2D eigenvalue weighted by Gasteiger charge is 2.68. The molecule has 0 amide bonds. The first-order chi connectivity index (χ1) is 18.2. The second kappa shape index (κ2) is 9.29. The first kappa shape index (κ1) is 31.0. The molecule has 5 aliphatic rings. The molecule has 5 rings (SSSR count). The van der Waals surface area contributed by atoms with E-state index in [4.69, 9.17) is 4.43 Å². The van der Waals surface area contributed by atoms with Crippen LogP contribution in [0.1, 0.15) is 140 Å². The smallest absolute Gasteiger partial charge is 0.192 e. The third kappa shape index (κ3) is 4.27. The Bertz CT molecular complexity index is 1050. The minimum Gasteiger partial charge on any atom is -0.413 e. The van der Waals surface area contributed by atoms with Crippen LogP contribution in [0.15, 0.2) is 11.6 Å². The fraction of sp³-hybridized carbons (Fsp3) is 0.919. The van der Waals surface area contributed by atoms with E-state index in [1.165, 1.54) is 70.5 Å². The lowest BCUT2D eigenvalue weighted by Gasteiger charge is -2.71. The van der Waals surface area contributed by atoms with Crippen molar-refractivity contribution in [2.24, 2.45) is 50.2 Å². The van der Waals surface area contributed by atoms with Crippen LogP contribution < -0.4 is 0 Å². The minimum atomic E-state index is -1.82. The molecule has 0 heterocycles. The van der Waals surface area contributed by atoms with Gasteiger partial charge in [-0.25, -0.2) is 0 Å². The fourth-order valence-corrected chi connectivity index (χ4v) is 13.0. The minimum absolute atomic E-state index is 0.180. The van der Waals surface area contributed by atoms with Crippen LogP contribution >= 0.6 is 0 Å². The molecule has 3 heteroatoms. The Hall–Kier alpha value is -0.413. The summed E-state index contributed by atoms with van der Waals surface area (Å²) in [7, 11) is -1.82. The molecule has 0 bridgehead atoms. The molecular weight excluding hydrogens is 504 g/mol. The predicted octanol–water partition coefficient (Wildman–Crippen LogP) is 10.8. The van der Waals surface area contributed by atoms with E-state index in [1.807, 2.05) is 5.57 Å². The van der Waals surface area contributed by atoms with Gasteiger partial charge in [0.1, 0.15) is 6.29 Å². The number of carbonyl (C=O) groups is 1. The van der Waals surface area contributed by atoms with Gasteiger partial charge in [0.05, 0.1) is 6.10 Å². The van der Waals surface area contributed by atoms with Crippen molar-refractivity contribution in [3.05, 3.63) is 11.6 Å². The van der Waals surface area contributed by atoms with E-state index in [-0.39, 0.29) is 21.3 Å². The Morgan fingerprint density at radius 3 is 2.17 bits per heavy atom. The molecule has 0 aromatic carbocycles. The summed E-state index contributed by atoms with van der Waals surface area (Å²) in [5, 5.41) is 0.254. The van der Waals surface area contributed by atoms with Gasteiger partial charge in [-0.1, -0.05) is 80.9 Å². The summed E-state index contributed by atoms with van der Waals surface area (Å²) in [5.74, 6) is 2.12. The van der Waals surface area contributed by atoms with Gasteiger partial charge in [-0.15, -0.1) is 0 Å². The summed E-state index contributed by atoms with van der Waals surface area (Å²) in [6, 6.07) is 0. The summed E-state index contributed by atoms with van der Waals surface area (Å²) in [5.41, 5.74) is 3.62. The molecule has 228 valence electrons. The fourth-order valence-electron chi connectivity index (χ4n) is 11.5. The van der Waals surface area contributed by atoms with Crippen molar-refractivity contribution in [2.45, 2.75) is 164 Å². The van der Waals surface area contributed by atoms with Crippen molar-refractivity contribution >= 4 is 14.6 Å². The Balaban J connectivity index is 1.48. The number of fused-ring (bicyclic) bond motifs is 7. The molecule has 4 saturated carbocycles. The number of hydrogen-bond acceptors (Lipinski definition) is 2. The molecule has 0 radical (unpaired) electrons. The predicted molar refractivity (Wildman–Crippen MR) is 172 cm³/mol. The molecule has 5 aliphatic carbocycles. The average Bonchev–Trinajstić information content (AvgIpc) is 2.82. The van der Waals surface area contributed by atoms with E-state index >= 15 is 0 Å². The Morgan fingerprint density at radius 1 is 0.900 bits per heavy atom. The van der Waals surface area contributed by atoms with Crippen molar-refractivity contribution in [2.75, 3.05) is 0 Å². The zero-order chi connectivity index (χ0) is 29.8.